The zero-order chi connectivity index (χ0) is 40.0. The van der Waals surface area contributed by atoms with Crippen molar-refractivity contribution in [3.63, 3.8) is 0 Å². The molecule has 54 heavy (non-hydrogen) atoms. The van der Waals surface area contributed by atoms with Gasteiger partial charge in [0.05, 0.1) is 27.7 Å². The van der Waals surface area contributed by atoms with Crippen molar-refractivity contribution in [2.24, 2.45) is 0 Å². The van der Waals surface area contributed by atoms with Crippen molar-refractivity contribution in [3.8, 4) is 0 Å². The fourth-order valence-corrected chi connectivity index (χ4v) is 6.69. The Labute approximate surface area is 332 Å². The molecule has 0 aliphatic heterocycles. The van der Waals surface area contributed by atoms with Gasteiger partial charge in [-0.25, -0.2) is 0 Å². The highest BCUT2D eigenvalue weighted by Gasteiger charge is 2.21. The number of carbonyl (C=O) groups excluding carboxylic acids is 2. The maximum Gasteiger partial charge on any atom is 0.306 e. The van der Waals surface area contributed by atoms with Crippen LogP contribution in [-0.4, -0.2) is 70.0 Å². The molecule has 0 amide bonds. The fraction of sp³-hybridized carbons (Fsp3) is 0.864. The van der Waals surface area contributed by atoms with Gasteiger partial charge in [0.25, 0.3) is 7.82 Å². The van der Waals surface area contributed by atoms with Crippen LogP contribution in [0.4, 0.5) is 0 Å². The van der Waals surface area contributed by atoms with Gasteiger partial charge in [-0.2, -0.15) is 0 Å². The van der Waals surface area contributed by atoms with Gasteiger partial charge in [-0.3, -0.25) is 14.2 Å². The molecular weight excluding hydrogens is 701 g/mol. The Morgan fingerprint density at radius 3 is 1.52 bits per heavy atom. The molecule has 0 bridgehead atoms. The minimum Gasteiger partial charge on any atom is -0.756 e. The van der Waals surface area contributed by atoms with E-state index in [1.54, 1.807) is 0 Å². The van der Waals surface area contributed by atoms with Gasteiger partial charge < -0.3 is 27.9 Å². The first-order valence-electron chi connectivity index (χ1n) is 22.0. The van der Waals surface area contributed by atoms with Crippen molar-refractivity contribution in [1.29, 1.82) is 0 Å². The first-order valence-corrected chi connectivity index (χ1v) is 23.5. The quantitative estimate of drug-likeness (QED) is 0.0198. The van der Waals surface area contributed by atoms with Crippen molar-refractivity contribution in [3.05, 3.63) is 24.3 Å². The highest BCUT2D eigenvalue weighted by molar-refractivity contribution is 7.45. The number of allylic oxidation sites excluding steroid dienone is 4. The summed E-state index contributed by atoms with van der Waals surface area (Å²) in [5.74, 6) is -0.844. The van der Waals surface area contributed by atoms with Gasteiger partial charge in [0.1, 0.15) is 19.8 Å². The Balaban J connectivity index is 4.36. The van der Waals surface area contributed by atoms with Crippen LogP contribution in [0.1, 0.15) is 194 Å². The van der Waals surface area contributed by atoms with E-state index in [1.807, 2.05) is 21.1 Å². The van der Waals surface area contributed by atoms with E-state index in [1.165, 1.54) is 96.3 Å². The molecule has 0 aromatic rings. The van der Waals surface area contributed by atoms with E-state index in [-0.39, 0.29) is 26.1 Å². The molecule has 0 fully saturated rings. The first-order chi connectivity index (χ1) is 26.0. The standard InChI is InChI=1S/C44H84NO8P/c1-6-8-10-12-14-16-18-20-22-23-25-27-29-31-33-35-37-44(47)53-42(41-52-54(48,49)51-39-38-45(3,4)5)40-50-43(46)36-34-32-30-28-26-24-21-19-17-15-13-11-9-7-2/h13,15,19,21,42H,6-12,14,16-18,20,22-41H2,1-5H3/b15-13+,21-19+/t42-/m1/s1. The summed E-state index contributed by atoms with van der Waals surface area (Å²) in [4.78, 5) is 37.5. The van der Waals surface area contributed by atoms with E-state index < -0.39 is 32.5 Å². The molecule has 0 saturated carbocycles. The van der Waals surface area contributed by atoms with E-state index in [0.717, 1.165) is 57.8 Å². The largest absolute Gasteiger partial charge is 0.756 e. The van der Waals surface area contributed by atoms with Crippen LogP contribution in [0, 0.1) is 0 Å². The number of esters is 2. The summed E-state index contributed by atoms with van der Waals surface area (Å²) in [5, 5.41) is 0. The molecule has 9 nitrogen and oxygen atoms in total. The van der Waals surface area contributed by atoms with Gasteiger partial charge in [0.2, 0.25) is 0 Å². The monoisotopic (exact) mass is 786 g/mol. The third-order valence-corrected chi connectivity index (χ3v) is 10.4. The molecule has 0 aromatic heterocycles. The lowest BCUT2D eigenvalue weighted by atomic mass is 10.0. The summed E-state index contributed by atoms with van der Waals surface area (Å²) in [6, 6.07) is 0. The number of nitrogens with zero attached hydrogens (tertiary/aromatic N) is 1. The number of unbranched alkanes of at least 4 members (excludes halogenated alkanes) is 22. The molecule has 0 N–H and O–H groups in total. The number of phosphoric ester groups is 1. The number of ether oxygens (including phenoxy) is 2. The van der Waals surface area contributed by atoms with Gasteiger partial charge in [-0.1, -0.05) is 167 Å². The molecule has 1 unspecified atom stereocenters. The molecule has 0 aliphatic carbocycles. The molecule has 0 saturated heterocycles. The van der Waals surface area contributed by atoms with Gasteiger partial charge in [-0.05, 0) is 38.5 Å². The van der Waals surface area contributed by atoms with Gasteiger partial charge in [0, 0.05) is 12.8 Å². The summed E-state index contributed by atoms with van der Waals surface area (Å²) < 4.78 is 33.9. The van der Waals surface area contributed by atoms with Crippen LogP contribution in [0.25, 0.3) is 0 Å². The topological polar surface area (TPSA) is 111 Å². The molecule has 318 valence electrons. The van der Waals surface area contributed by atoms with Crippen LogP contribution in [0.5, 0.6) is 0 Å². The smallest absolute Gasteiger partial charge is 0.306 e. The van der Waals surface area contributed by atoms with Crippen molar-refractivity contribution in [1.82, 2.24) is 0 Å². The van der Waals surface area contributed by atoms with Crippen molar-refractivity contribution >= 4 is 19.8 Å². The van der Waals surface area contributed by atoms with Crippen molar-refractivity contribution in [2.45, 2.75) is 200 Å². The van der Waals surface area contributed by atoms with Crippen molar-refractivity contribution < 1.29 is 42.1 Å². The zero-order valence-electron chi connectivity index (χ0n) is 35.7. The Kier molecular flexibility index (Phi) is 36.1. The molecule has 0 heterocycles. The fourth-order valence-electron chi connectivity index (χ4n) is 5.97. The number of hydrogen-bond acceptors (Lipinski definition) is 8. The lowest BCUT2D eigenvalue weighted by molar-refractivity contribution is -0.870. The average molecular weight is 786 g/mol. The third-order valence-electron chi connectivity index (χ3n) is 9.47. The Hall–Kier alpha value is -1.51. The minimum absolute atomic E-state index is 0.0313. The average Bonchev–Trinajstić information content (AvgIpc) is 3.12. The first kappa shape index (κ1) is 52.5. The van der Waals surface area contributed by atoms with E-state index in [2.05, 4.69) is 38.2 Å². The number of phosphoric acid groups is 1. The molecule has 0 spiro atoms. The van der Waals surface area contributed by atoms with Crippen LogP contribution in [0.2, 0.25) is 0 Å². The highest BCUT2D eigenvalue weighted by Crippen LogP contribution is 2.38. The molecule has 10 heteroatoms. The van der Waals surface area contributed by atoms with E-state index in [0.29, 0.717) is 23.9 Å². The molecule has 0 aliphatic rings. The second-order valence-electron chi connectivity index (χ2n) is 16.1. The van der Waals surface area contributed by atoms with Crippen LogP contribution < -0.4 is 4.89 Å². The Morgan fingerprint density at radius 1 is 0.574 bits per heavy atom. The third kappa shape index (κ3) is 40.2. The Bertz CT molecular complexity index is 980. The molecule has 0 radical (unpaired) electrons. The summed E-state index contributed by atoms with van der Waals surface area (Å²) in [6.45, 7) is 4.18. The molecule has 0 aromatic carbocycles. The maximum atomic E-state index is 12.7. The van der Waals surface area contributed by atoms with Crippen molar-refractivity contribution in [2.75, 3.05) is 47.5 Å². The second kappa shape index (κ2) is 37.1. The van der Waals surface area contributed by atoms with Crippen LogP contribution in [-0.2, 0) is 32.7 Å². The van der Waals surface area contributed by atoms with E-state index >= 15 is 0 Å². The van der Waals surface area contributed by atoms with E-state index in [4.69, 9.17) is 18.5 Å². The second-order valence-corrected chi connectivity index (χ2v) is 17.5. The molecule has 2 atom stereocenters. The number of likely N-dealkylation sites (N-methyl/N-ethyl adjacent to an activating group) is 1. The lowest BCUT2D eigenvalue weighted by Gasteiger charge is -2.28. The van der Waals surface area contributed by atoms with E-state index in [9.17, 15) is 19.0 Å². The number of hydrogen-bond donors (Lipinski definition) is 0. The van der Waals surface area contributed by atoms with Gasteiger partial charge in [-0.15, -0.1) is 0 Å². The van der Waals surface area contributed by atoms with Crippen LogP contribution in [0.3, 0.4) is 0 Å². The van der Waals surface area contributed by atoms with Crippen LogP contribution in [0.15, 0.2) is 24.3 Å². The lowest BCUT2D eigenvalue weighted by Crippen LogP contribution is -2.37. The van der Waals surface area contributed by atoms with Gasteiger partial charge in [0.15, 0.2) is 6.10 Å². The summed E-state index contributed by atoms with van der Waals surface area (Å²) in [7, 11) is 1.16. The Morgan fingerprint density at radius 2 is 1.02 bits per heavy atom. The zero-order valence-corrected chi connectivity index (χ0v) is 36.6. The number of rotatable bonds is 40. The molecule has 0 rings (SSSR count). The predicted octanol–water partition coefficient (Wildman–Crippen LogP) is 11.7. The molecular formula is C44H84NO8P. The summed E-state index contributed by atoms with van der Waals surface area (Å²) in [6.07, 6.45) is 39.1. The minimum atomic E-state index is -4.62. The maximum absolute atomic E-state index is 12.7. The number of quaternary nitrogens is 1. The predicted molar refractivity (Wildman–Crippen MR) is 222 cm³/mol. The highest BCUT2D eigenvalue weighted by atomic mass is 31.2. The normalized spacial score (nSPS) is 13.8. The SMILES string of the molecule is CCCC/C=C/C/C=C/CCCCCCCC(=O)OC[C@H](COP(=O)([O-])OCC[N+](C)(C)C)OC(=O)CCCCCCCCCCCCCCCCCC. The number of carbonyl (C=O) groups is 2. The summed E-state index contributed by atoms with van der Waals surface area (Å²) >= 11 is 0. The van der Waals surface area contributed by atoms with Gasteiger partial charge >= 0.3 is 11.9 Å². The summed E-state index contributed by atoms with van der Waals surface area (Å²) in [5.41, 5.74) is 0. The van der Waals surface area contributed by atoms with Crippen LogP contribution >= 0.6 is 7.82 Å².